The van der Waals surface area contributed by atoms with Gasteiger partial charge in [0.05, 0.1) is 0 Å². The van der Waals surface area contributed by atoms with Crippen molar-refractivity contribution in [3.8, 4) is 0 Å². The first-order valence-corrected chi connectivity index (χ1v) is 3.84. The van der Waals surface area contributed by atoms with Crippen LogP contribution in [0, 0.1) is 0 Å². The lowest BCUT2D eigenvalue weighted by Crippen LogP contribution is -2.02. The first-order valence-electron chi connectivity index (χ1n) is 2.31. The number of carbonyl (C=O) groups is 1. The SMILES string of the molecule is C=CC(=O)COP(=O)(O)O. The molecule has 0 spiro atoms. The lowest BCUT2D eigenvalue weighted by atomic mass is 10.4. The third kappa shape index (κ3) is 5.65. The fraction of sp³-hybridized carbons (Fsp3) is 0.250. The van der Waals surface area contributed by atoms with E-state index in [4.69, 9.17) is 9.79 Å². The molecule has 0 aromatic heterocycles. The molecule has 0 heterocycles. The van der Waals surface area contributed by atoms with E-state index in [9.17, 15) is 9.36 Å². The van der Waals surface area contributed by atoms with Gasteiger partial charge in [-0.25, -0.2) is 4.57 Å². The minimum Gasteiger partial charge on any atom is -0.303 e. The summed E-state index contributed by atoms with van der Waals surface area (Å²) >= 11 is 0. The summed E-state index contributed by atoms with van der Waals surface area (Å²) in [6.45, 7) is 2.45. The van der Waals surface area contributed by atoms with Crippen molar-refractivity contribution < 1.29 is 23.7 Å². The van der Waals surface area contributed by atoms with Gasteiger partial charge < -0.3 is 9.79 Å². The van der Waals surface area contributed by atoms with E-state index in [1.54, 1.807) is 0 Å². The first kappa shape index (κ1) is 9.52. The smallest absolute Gasteiger partial charge is 0.303 e. The predicted molar refractivity (Wildman–Crippen MR) is 33.2 cm³/mol. The molecule has 0 saturated carbocycles. The highest BCUT2D eigenvalue weighted by atomic mass is 31.2. The predicted octanol–water partition coefficient (Wildman–Crippen LogP) is -0.149. The monoisotopic (exact) mass is 166 g/mol. The van der Waals surface area contributed by atoms with Crippen LogP contribution in [-0.2, 0) is 13.9 Å². The van der Waals surface area contributed by atoms with Crippen LogP contribution in [0.2, 0.25) is 0 Å². The summed E-state index contributed by atoms with van der Waals surface area (Å²) in [5.41, 5.74) is 0. The van der Waals surface area contributed by atoms with Crippen molar-refractivity contribution >= 4 is 13.6 Å². The largest absolute Gasteiger partial charge is 0.470 e. The van der Waals surface area contributed by atoms with Crippen molar-refractivity contribution in [2.75, 3.05) is 6.61 Å². The van der Waals surface area contributed by atoms with Crippen LogP contribution in [0.5, 0.6) is 0 Å². The summed E-state index contributed by atoms with van der Waals surface area (Å²) < 4.78 is 13.8. The fourth-order valence-electron chi connectivity index (χ4n) is 0.207. The van der Waals surface area contributed by atoms with Crippen molar-refractivity contribution in [3.05, 3.63) is 12.7 Å². The normalized spacial score (nSPS) is 11.0. The third-order valence-electron chi connectivity index (χ3n) is 0.603. The Bertz CT molecular complexity index is 180. The number of phosphoric ester groups is 1. The minimum atomic E-state index is -4.50. The standard InChI is InChI=1S/C4H7O5P/c1-2-4(5)3-9-10(6,7)8/h2H,1,3H2,(H2,6,7,8). The van der Waals surface area contributed by atoms with Crippen molar-refractivity contribution in [2.45, 2.75) is 0 Å². The molecule has 0 aliphatic heterocycles. The topological polar surface area (TPSA) is 83.8 Å². The van der Waals surface area contributed by atoms with Gasteiger partial charge in [-0.05, 0) is 6.08 Å². The zero-order chi connectivity index (χ0) is 8.20. The Morgan fingerprint density at radius 3 is 2.50 bits per heavy atom. The lowest BCUT2D eigenvalue weighted by molar-refractivity contribution is -0.116. The molecule has 58 valence electrons. The molecular formula is C4H7O5P. The van der Waals surface area contributed by atoms with Crippen molar-refractivity contribution in [2.24, 2.45) is 0 Å². The number of phosphoric acid groups is 1. The van der Waals surface area contributed by atoms with E-state index in [0.29, 0.717) is 0 Å². The zero-order valence-electron chi connectivity index (χ0n) is 5.06. The molecule has 0 radical (unpaired) electrons. The van der Waals surface area contributed by atoms with Gasteiger partial charge in [0.25, 0.3) is 0 Å². The Morgan fingerprint density at radius 2 is 2.20 bits per heavy atom. The van der Waals surface area contributed by atoms with Gasteiger partial charge in [0.15, 0.2) is 5.78 Å². The molecule has 0 unspecified atom stereocenters. The maximum Gasteiger partial charge on any atom is 0.470 e. The van der Waals surface area contributed by atoms with E-state index in [-0.39, 0.29) is 0 Å². The summed E-state index contributed by atoms with van der Waals surface area (Å²) in [6, 6.07) is 0. The van der Waals surface area contributed by atoms with Gasteiger partial charge in [-0.2, -0.15) is 0 Å². The summed E-state index contributed by atoms with van der Waals surface area (Å²) in [6.07, 6.45) is 0.926. The van der Waals surface area contributed by atoms with Crippen LogP contribution in [0.1, 0.15) is 0 Å². The Morgan fingerprint density at radius 1 is 1.70 bits per heavy atom. The summed E-state index contributed by atoms with van der Waals surface area (Å²) in [5, 5.41) is 0. The molecule has 0 bridgehead atoms. The highest BCUT2D eigenvalue weighted by Crippen LogP contribution is 2.35. The quantitative estimate of drug-likeness (QED) is 0.448. The highest BCUT2D eigenvalue weighted by molar-refractivity contribution is 7.46. The molecule has 0 rings (SSSR count). The average molecular weight is 166 g/mol. The van der Waals surface area contributed by atoms with Gasteiger partial charge >= 0.3 is 7.82 Å². The Kier molecular flexibility index (Phi) is 3.46. The molecular weight excluding hydrogens is 159 g/mol. The number of ketones is 1. The van der Waals surface area contributed by atoms with E-state index in [1.807, 2.05) is 0 Å². The van der Waals surface area contributed by atoms with Gasteiger partial charge in [0.1, 0.15) is 6.61 Å². The maximum atomic E-state index is 10.3. The minimum absolute atomic E-state index is 0.566. The van der Waals surface area contributed by atoms with Crippen molar-refractivity contribution in [3.63, 3.8) is 0 Å². The van der Waals surface area contributed by atoms with Crippen molar-refractivity contribution in [1.82, 2.24) is 0 Å². The molecule has 0 atom stereocenters. The fourth-order valence-corrected chi connectivity index (χ4v) is 0.502. The second-order valence-corrected chi connectivity index (χ2v) is 2.67. The van der Waals surface area contributed by atoms with Gasteiger partial charge in [-0.1, -0.05) is 6.58 Å². The van der Waals surface area contributed by atoms with Gasteiger partial charge in [-0.15, -0.1) is 0 Å². The second-order valence-electron chi connectivity index (χ2n) is 1.43. The van der Waals surface area contributed by atoms with E-state index in [0.717, 1.165) is 6.08 Å². The number of carbonyl (C=O) groups excluding carboxylic acids is 1. The van der Waals surface area contributed by atoms with Crippen LogP contribution in [0.15, 0.2) is 12.7 Å². The maximum absolute atomic E-state index is 10.3. The number of rotatable bonds is 4. The van der Waals surface area contributed by atoms with E-state index in [2.05, 4.69) is 11.1 Å². The summed E-state index contributed by atoms with van der Waals surface area (Å²) in [5.74, 6) is -0.566. The molecule has 10 heavy (non-hydrogen) atoms. The van der Waals surface area contributed by atoms with E-state index < -0.39 is 20.2 Å². The average Bonchev–Trinajstić information content (AvgIpc) is 1.81. The van der Waals surface area contributed by atoms with Gasteiger partial charge in [0.2, 0.25) is 0 Å². The van der Waals surface area contributed by atoms with Crippen LogP contribution in [0.4, 0.5) is 0 Å². The number of hydrogen-bond acceptors (Lipinski definition) is 3. The molecule has 0 amide bonds. The first-order chi connectivity index (χ1) is 4.45. The second kappa shape index (κ2) is 3.63. The lowest BCUT2D eigenvalue weighted by Gasteiger charge is -2.00. The van der Waals surface area contributed by atoms with Gasteiger partial charge in [-0.3, -0.25) is 9.32 Å². The molecule has 0 aliphatic carbocycles. The Labute approximate surface area is 57.6 Å². The molecule has 0 aromatic carbocycles. The molecule has 2 N–H and O–H groups in total. The van der Waals surface area contributed by atoms with Crippen LogP contribution >= 0.6 is 7.82 Å². The molecule has 0 aromatic rings. The van der Waals surface area contributed by atoms with Crippen LogP contribution in [0.25, 0.3) is 0 Å². The Balaban J connectivity index is 3.66. The van der Waals surface area contributed by atoms with Crippen molar-refractivity contribution in [1.29, 1.82) is 0 Å². The van der Waals surface area contributed by atoms with Crippen LogP contribution < -0.4 is 0 Å². The molecule has 0 aliphatic rings. The van der Waals surface area contributed by atoms with E-state index in [1.165, 1.54) is 0 Å². The third-order valence-corrected chi connectivity index (χ3v) is 1.07. The molecule has 6 heteroatoms. The summed E-state index contributed by atoms with van der Waals surface area (Å²) in [7, 11) is -4.50. The Hall–Kier alpha value is -0.480. The number of hydrogen-bond donors (Lipinski definition) is 2. The molecule has 0 fully saturated rings. The highest BCUT2D eigenvalue weighted by Gasteiger charge is 2.14. The molecule has 0 saturated heterocycles. The van der Waals surface area contributed by atoms with Crippen LogP contribution in [0.3, 0.4) is 0 Å². The summed E-state index contributed by atoms with van der Waals surface area (Å²) in [4.78, 5) is 26.4. The van der Waals surface area contributed by atoms with E-state index >= 15 is 0 Å². The van der Waals surface area contributed by atoms with Crippen LogP contribution in [-0.4, -0.2) is 22.2 Å². The zero-order valence-corrected chi connectivity index (χ0v) is 5.95. The van der Waals surface area contributed by atoms with Gasteiger partial charge in [0, 0.05) is 0 Å². The molecule has 5 nitrogen and oxygen atoms in total.